The smallest absolute Gasteiger partial charge is 0.228 e. The van der Waals surface area contributed by atoms with Crippen LogP contribution in [0.2, 0.25) is 0 Å². The van der Waals surface area contributed by atoms with Gasteiger partial charge in [0.05, 0.1) is 34.4 Å². The first-order chi connectivity index (χ1) is 33.7. The first-order valence-electron chi connectivity index (χ1n) is 23.4. The molecule has 68 heavy (non-hydrogen) atoms. The maximum Gasteiger partial charge on any atom is 0.256 e. The number of fused-ring (bicyclic) bond motifs is 13. The summed E-state index contributed by atoms with van der Waals surface area (Å²) in [6, 6.07) is 85.4. The van der Waals surface area contributed by atoms with Crippen LogP contribution in [0.4, 0.5) is 0 Å². The van der Waals surface area contributed by atoms with Gasteiger partial charge in [0, 0.05) is 32.9 Å². The number of hydrazone groups is 1. The minimum absolute atomic E-state index is 0.455. The van der Waals surface area contributed by atoms with Gasteiger partial charge in [0.1, 0.15) is 0 Å². The largest absolute Gasteiger partial charge is 0.256 e. The average molecular weight is 866 g/mol. The van der Waals surface area contributed by atoms with Crippen molar-refractivity contribution in [2.24, 2.45) is 5.10 Å². The molecule has 0 atom stereocenters. The standard InChI is InChI=1S/C64H41N4/c1-4-19-41(20-5-1)60-61(42-21-6-2-7-22-42)67-68-59(39-44-25-10-11-28-48(44)62(60)68)47-27-18-26-45(37-47)57-40-58(66-63(65-57)43-23-8-3-9-24-43)46-35-36-52-51-31-14-17-34-55(51)64(56(52)38-46)53-32-15-12-29-49(53)50-30-13-16-33-54(50)64/h1-38,40H,39H2/q+1. The highest BCUT2D eigenvalue weighted by atomic mass is 15.4. The van der Waals surface area contributed by atoms with Crippen LogP contribution >= 0.6 is 0 Å². The van der Waals surface area contributed by atoms with Crippen molar-refractivity contribution in [2.45, 2.75) is 11.8 Å². The lowest BCUT2D eigenvalue weighted by atomic mass is 9.70. The van der Waals surface area contributed by atoms with Gasteiger partial charge in [0.2, 0.25) is 5.71 Å². The Balaban J connectivity index is 0.957. The van der Waals surface area contributed by atoms with E-state index in [9.17, 15) is 0 Å². The van der Waals surface area contributed by atoms with E-state index < -0.39 is 5.41 Å². The molecule has 10 aromatic rings. The zero-order valence-corrected chi connectivity index (χ0v) is 37.0. The summed E-state index contributed by atoms with van der Waals surface area (Å²) in [5, 5.41) is 5.52. The second-order valence-electron chi connectivity index (χ2n) is 18.1. The molecule has 0 saturated carbocycles. The fourth-order valence-electron chi connectivity index (χ4n) is 11.5. The molecule has 0 radical (unpaired) electrons. The molecule has 1 spiro atoms. The van der Waals surface area contributed by atoms with E-state index in [1.54, 1.807) is 0 Å². The molecule has 0 saturated heterocycles. The van der Waals surface area contributed by atoms with Crippen molar-refractivity contribution in [2.75, 3.05) is 0 Å². The third-order valence-electron chi connectivity index (χ3n) is 14.4. The molecule has 3 heterocycles. The van der Waals surface area contributed by atoms with Crippen LogP contribution < -0.4 is 0 Å². The van der Waals surface area contributed by atoms with Crippen LogP contribution in [0.5, 0.6) is 0 Å². The van der Waals surface area contributed by atoms with E-state index in [0.717, 1.165) is 73.9 Å². The van der Waals surface area contributed by atoms with Crippen molar-refractivity contribution < 1.29 is 4.68 Å². The molecule has 14 rings (SSSR count). The summed E-state index contributed by atoms with van der Waals surface area (Å²) in [7, 11) is 0. The van der Waals surface area contributed by atoms with E-state index >= 15 is 0 Å². The number of benzene rings is 9. The Morgan fingerprint density at radius 3 is 1.47 bits per heavy atom. The lowest BCUT2D eigenvalue weighted by molar-refractivity contribution is -0.434. The molecule has 0 amide bonds. The Bertz CT molecular complexity index is 3740. The molecule has 4 heteroatoms. The van der Waals surface area contributed by atoms with E-state index in [-0.39, 0.29) is 0 Å². The van der Waals surface area contributed by atoms with E-state index in [0.29, 0.717) is 5.82 Å². The molecule has 316 valence electrons. The van der Waals surface area contributed by atoms with Crippen molar-refractivity contribution in [3.63, 3.8) is 0 Å². The Hall–Kier alpha value is -8.86. The quantitative estimate of drug-likeness (QED) is 0.156. The van der Waals surface area contributed by atoms with E-state index in [2.05, 4.69) is 235 Å². The average Bonchev–Trinajstić information content (AvgIpc) is 4.07. The minimum Gasteiger partial charge on any atom is -0.228 e. The van der Waals surface area contributed by atoms with Crippen molar-refractivity contribution >= 4 is 22.7 Å². The number of hydrogen-bond acceptors (Lipinski definition) is 3. The molecule has 0 N–H and O–H groups in total. The SMILES string of the molecule is c1ccc(C2=N[N+]3=C(c4cccc(-c5cc(-c6ccc7c(c6)C6(c8ccccc8-c8ccccc86)c6ccccc6-7)nc(-c6ccccc6)n5)c4)Cc4ccccc4C3=C2c2ccccc2)cc1. The van der Waals surface area contributed by atoms with Gasteiger partial charge in [-0.3, -0.25) is 0 Å². The van der Waals surface area contributed by atoms with Crippen LogP contribution in [0.3, 0.4) is 0 Å². The summed E-state index contributed by atoms with van der Waals surface area (Å²) in [5.41, 5.74) is 24.8. The number of allylic oxidation sites excluding steroid dienone is 1. The van der Waals surface area contributed by atoms with Crippen molar-refractivity contribution in [1.82, 2.24) is 9.97 Å². The third-order valence-corrected chi connectivity index (χ3v) is 14.4. The van der Waals surface area contributed by atoms with Gasteiger partial charge < -0.3 is 0 Å². The second-order valence-corrected chi connectivity index (χ2v) is 18.1. The van der Waals surface area contributed by atoms with Crippen LogP contribution in [0.15, 0.2) is 242 Å². The summed E-state index contributed by atoms with van der Waals surface area (Å²) in [6.45, 7) is 0. The van der Waals surface area contributed by atoms with Crippen molar-refractivity contribution in [1.29, 1.82) is 0 Å². The highest BCUT2D eigenvalue weighted by Gasteiger charge is 2.51. The Morgan fingerprint density at radius 2 is 0.838 bits per heavy atom. The topological polar surface area (TPSA) is 41.1 Å². The molecule has 4 nitrogen and oxygen atoms in total. The maximum absolute atomic E-state index is 5.52. The predicted molar refractivity (Wildman–Crippen MR) is 275 cm³/mol. The molecule has 2 aliphatic heterocycles. The molecule has 9 aromatic carbocycles. The Morgan fingerprint density at radius 1 is 0.353 bits per heavy atom. The number of hydrogen-bond donors (Lipinski definition) is 0. The van der Waals surface area contributed by atoms with Crippen LogP contribution in [0.25, 0.3) is 67.4 Å². The number of rotatable bonds is 6. The van der Waals surface area contributed by atoms with Gasteiger partial charge in [0.25, 0.3) is 5.70 Å². The third kappa shape index (κ3) is 5.67. The van der Waals surface area contributed by atoms with Crippen LogP contribution in [0, 0.1) is 0 Å². The lowest BCUT2D eigenvalue weighted by Gasteiger charge is -2.30. The van der Waals surface area contributed by atoms with E-state index in [4.69, 9.17) is 15.1 Å². The van der Waals surface area contributed by atoms with Crippen LogP contribution in [-0.2, 0) is 11.8 Å². The van der Waals surface area contributed by atoms with Gasteiger partial charge in [-0.05, 0) is 90.7 Å². The first-order valence-corrected chi connectivity index (χ1v) is 23.4. The maximum atomic E-state index is 5.52. The van der Waals surface area contributed by atoms with Gasteiger partial charge in [-0.2, -0.15) is 0 Å². The van der Waals surface area contributed by atoms with Gasteiger partial charge in [0.15, 0.2) is 11.5 Å². The second kappa shape index (κ2) is 15.1. The van der Waals surface area contributed by atoms with Gasteiger partial charge in [-0.15, -0.1) is 0 Å². The van der Waals surface area contributed by atoms with Gasteiger partial charge in [-0.25, -0.2) is 9.97 Å². The van der Waals surface area contributed by atoms with Crippen LogP contribution in [-0.4, -0.2) is 26.1 Å². The molecule has 2 aliphatic carbocycles. The molecule has 0 unspecified atom stereocenters. The van der Waals surface area contributed by atoms with Crippen molar-refractivity contribution in [3.8, 4) is 56.2 Å². The normalized spacial score (nSPS) is 14.5. The van der Waals surface area contributed by atoms with E-state index in [1.807, 2.05) is 6.07 Å². The number of nitrogens with zero attached hydrogens (tertiary/aromatic N) is 4. The summed E-state index contributed by atoms with van der Waals surface area (Å²) < 4.78 is 2.21. The molecule has 4 aliphatic rings. The van der Waals surface area contributed by atoms with Gasteiger partial charge in [-0.1, -0.05) is 206 Å². The molecule has 0 bridgehead atoms. The fourth-order valence-corrected chi connectivity index (χ4v) is 11.5. The molecule has 0 fully saturated rings. The highest BCUT2D eigenvalue weighted by molar-refractivity contribution is 6.37. The lowest BCUT2D eigenvalue weighted by Crippen LogP contribution is -2.25. The van der Waals surface area contributed by atoms with Gasteiger partial charge >= 0.3 is 0 Å². The minimum atomic E-state index is -0.455. The van der Waals surface area contributed by atoms with Crippen LogP contribution in [0.1, 0.15) is 50.1 Å². The molecular formula is C64H41N4+. The zero-order valence-electron chi connectivity index (χ0n) is 37.0. The molecule has 1 aromatic heterocycles. The Labute approximate surface area is 395 Å². The monoisotopic (exact) mass is 865 g/mol. The Kier molecular flexibility index (Phi) is 8.53. The molecular weight excluding hydrogens is 825 g/mol. The first kappa shape index (κ1) is 38.4. The summed E-state index contributed by atoms with van der Waals surface area (Å²) >= 11 is 0. The number of aromatic nitrogens is 2. The summed E-state index contributed by atoms with van der Waals surface area (Å²) in [5.74, 6) is 0.687. The summed E-state index contributed by atoms with van der Waals surface area (Å²) in [4.78, 5) is 10.7. The fraction of sp³-hybridized carbons (Fsp3) is 0.0312. The zero-order chi connectivity index (χ0) is 44.8. The highest BCUT2D eigenvalue weighted by Crippen LogP contribution is 2.63. The summed E-state index contributed by atoms with van der Waals surface area (Å²) in [6.07, 6.45) is 0.729. The van der Waals surface area contributed by atoms with E-state index in [1.165, 1.54) is 55.6 Å². The van der Waals surface area contributed by atoms with Crippen molar-refractivity contribution in [3.05, 3.63) is 287 Å². The predicted octanol–water partition coefficient (Wildman–Crippen LogP) is 14.2.